The van der Waals surface area contributed by atoms with Gasteiger partial charge < -0.3 is 5.32 Å². The lowest BCUT2D eigenvalue weighted by molar-refractivity contribution is 0.0951. The summed E-state index contributed by atoms with van der Waals surface area (Å²) < 4.78 is 1.70. The Balaban J connectivity index is 1.33. The van der Waals surface area contributed by atoms with E-state index in [2.05, 4.69) is 56.3 Å². The molecule has 2 heterocycles. The van der Waals surface area contributed by atoms with Crippen LogP contribution >= 0.6 is 11.8 Å². The topological polar surface area (TPSA) is 95.9 Å². The summed E-state index contributed by atoms with van der Waals surface area (Å²) in [7, 11) is 0. The van der Waals surface area contributed by atoms with E-state index >= 15 is 0 Å². The number of aromatic nitrogens is 3. The van der Waals surface area contributed by atoms with Crippen LogP contribution in [0.3, 0.4) is 0 Å². The van der Waals surface area contributed by atoms with Gasteiger partial charge in [0, 0.05) is 18.8 Å². The minimum Gasteiger partial charge on any atom is -0.350 e. The van der Waals surface area contributed by atoms with Gasteiger partial charge in [-0.25, -0.2) is 15.5 Å². The highest BCUT2D eigenvalue weighted by Gasteiger charge is 2.14. The van der Waals surface area contributed by atoms with Gasteiger partial charge in [0.1, 0.15) is 0 Å². The van der Waals surface area contributed by atoms with Gasteiger partial charge in [0.2, 0.25) is 0 Å². The smallest absolute Gasteiger partial charge is 0.273 e. The average Bonchev–Trinajstić information content (AvgIpc) is 3.37. The van der Waals surface area contributed by atoms with Gasteiger partial charge in [0.05, 0.1) is 18.1 Å². The van der Waals surface area contributed by atoms with Crippen molar-refractivity contribution in [3.63, 3.8) is 0 Å². The van der Waals surface area contributed by atoms with Gasteiger partial charge in [-0.1, -0.05) is 47.7 Å². The summed E-state index contributed by atoms with van der Waals surface area (Å²) >= 11 is 1.74. The van der Waals surface area contributed by atoms with Crippen molar-refractivity contribution in [1.82, 2.24) is 36.7 Å². The lowest BCUT2D eigenvalue weighted by Crippen LogP contribution is -2.33. The zero-order valence-corrected chi connectivity index (χ0v) is 15.5. The number of thioether (sulfide) groups is 1. The number of nitrogens with zero attached hydrogens (tertiary/aromatic N) is 3. The van der Waals surface area contributed by atoms with Crippen molar-refractivity contribution in [2.24, 2.45) is 0 Å². The predicted octanol–water partition coefficient (Wildman–Crippen LogP) is 0.881. The molecular weight excluding hydrogens is 362 g/mol. The first-order chi connectivity index (χ1) is 13.3. The average molecular weight is 383 g/mol. The molecule has 1 aliphatic heterocycles. The third-order valence-electron chi connectivity index (χ3n) is 4.30. The maximum atomic E-state index is 12.2. The highest BCUT2D eigenvalue weighted by Crippen LogP contribution is 2.19. The standard InChI is InChI=1S/C18H21N7OS/c26-18(19-8-9-27-17-10-20-23-22-17)16-12-25(24-21-16)11-14-6-3-5-13-4-1-2-7-15(13)14/h1-7,12,17,20,22-23H,8-11H2,(H,19,26). The van der Waals surface area contributed by atoms with Crippen molar-refractivity contribution in [3.8, 4) is 0 Å². The van der Waals surface area contributed by atoms with E-state index in [1.54, 1.807) is 22.6 Å². The number of nitrogens with one attached hydrogen (secondary N) is 4. The lowest BCUT2D eigenvalue weighted by atomic mass is 10.0. The number of benzene rings is 2. The Morgan fingerprint density at radius 3 is 3.04 bits per heavy atom. The normalized spacial score (nSPS) is 16.7. The van der Waals surface area contributed by atoms with Gasteiger partial charge in [-0.05, 0) is 16.3 Å². The van der Waals surface area contributed by atoms with Gasteiger partial charge in [0.25, 0.3) is 5.91 Å². The van der Waals surface area contributed by atoms with Crippen molar-refractivity contribution in [2.45, 2.75) is 11.9 Å². The predicted molar refractivity (Wildman–Crippen MR) is 106 cm³/mol. The zero-order chi connectivity index (χ0) is 18.5. The Hall–Kier alpha value is -2.46. The van der Waals surface area contributed by atoms with Gasteiger partial charge in [-0.3, -0.25) is 4.79 Å². The van der Waals surface area contributed by atoms with Crippen LogP contribution in [0.15, 0.2) is 48.7 Å². The van der Waals surface area contributed by atoms with Crippen molar-refractivity contribution in [3.05, 3.63) is 59.9 Å². The number of fused-ring (bicyclic) bond motifs is 1. The monoisotopic (exact) mass is 383 g/mol. The molecule has 0 spiro atoms. The van der Waals surface area contributed by atoms with E-state index in [4.69, 9.17) is 0 Å². The molecule has 1 unspecified atom stereocenters. The van der Waals surface area contributed by atoms with Gasteiger partial charge in [0.15, 0.2) is 5.69 Å². The third kappa shape index (κ3) is 4.45. The van der Waals surface area contributed by atoms with Crippen LogP contribution in [0.5, 0.6) is 0 Å². The first-order valence-electron chi connectivity index (χ1n) is 8.79. The highest BCUT2D eigenvalue weighted by atomic mass is 32.2. The van der Waals surface area contributed by atoms with E-state index in [1.807, 2.05) is 18.2 Å². The fraction of sp³-hybridized carbons (Fsp3) is 0.278. The highest BCUT2D eigenvalue weighted by molar-refractivity contribution is 7.99. The number of rotatable bonds is 7. The fourth-order valence-electron chi connectivity index (χ4n) is 2.97. The summed E-state index contributed by atoms with van der Waals surface area (Å²) in [6.07, 6.45) is 1.69. The molecule has 1 aromatic heterocycles. The number of amides is 1. The Bertz CT molecular complexity index is 917. The molecule has 1 amide bonds. The van der Waals surface area contributed by atoms with Gasteiger partial charge in [-0.2, -0.15) is 5.53 Å². The van der Waals surface area contributed by atoms with E-state index < -0.39 is 0 Å². The Morgan fingerprint density at radius 2 is 2.15 bits per heavy atom. The number of carbonyl (C=O) groups excluding carboxylic acids is 1. The van der Waals surface area contributed by atoms with Crippen LogP contribution in [-0.2, 0) is 6.54 Å². The van der Waals surface area contributed by atoms with Crippen LogP contribution in [0.2, 0.25) is 0 Å². The van der Waals surface area contributed by atoms with Crippen molar-refractivity contribution in [2.75, 3.05) is 18.8 Å². The first-order valence-corrected chi connectivity index (χ1v) is 9.84. The second-order valence-corrected chi connectivity index (χ2v) is 7.52. The molecule has 0 radical (unpaired) electrons. The molecule has 0 bridgehead atoms. The molecule has 27 heavy (non-hydrogen) atoms. The molecule has 140 valence electrons. The largest absolute Gasteiger partial charge is 0.350 e. The summed E-state index contributed by atoms with van der Waals surface area (Å²) in [5.74, 6) is 0.618. The molecule has 2 aromatic carbocycles. The zero-order valence-electron chi connectivity index (χ0n) is 14.7. The molecule has 4 rings (SSSR count). The Labute approximate surface area is 161 Å². The van der Waals surface area contributed by atoms with Crippen molar-refractivity contribution < 1.29 is 4.79 Å². The molecule has 1 fully saturated rings. The Kier molecular flexibility index (Phi) is 5.64. The van der Waals surface area contributed by atoms with E-state index in [0.717, 1.165) is 17.9 Å². The minimum atomic E-state index is -0.199. The summed E-state index contributed by atoms with van der Waals surface area (Å²) in [5.41, 5.74) is 10.4. The molecule has 1 aliphatic rings. The Morgan fingerprint density at radius 1 is 1.26 bits per heavy atom. The quantitative estimate of drug-likeness (QED) is 0.450. The summed E-state index contributed by atoms with van der Waals surface area (Å²) in [6, 6.07) is 14.4. The van der Waals surface area contributed by atoms with E-state index in [1.165, 1.54) is 10.8 Å². The molecule has 1 saturated heterocycles. The molecule has 9 heteroatoms. The minimum absolute atomic E-state index is 0.199. The maximum Gasteiger partial charge on any atom is 0.273 e. The van der Waals surface area contributed by atoms with Crippen LogP contribution < -0.4 is 21.7 Å². The maximum absolute atomic E-state index is 12.2. The fourth-order valence-corrected chi connectivity index (χ4v) is 3.82. The SMILES string of the molecule is O=C(NCCSC1CNNN1)c1cn(Cc2cccc3ccccc23)nn1. The molecular formula is C18H21N7OS. The molecule has 4 N–H and O–H groups in total. The molecule has 0 aliphatic carbocycles. The summed E-state index contributed by atoms with van der Waals surface area (Å²) in [6.45, 7) is 2.00. The van der Waals surface area contributed by atoms with Crippen molar-refractivity contribution >= 4 is 28.4 Å². The molecule has 8 nitrogen and oxygen atoms in total. The number of hydrazine groups is 2. The first kappa shape index (κ1) is 17.9. The summed E-state index contributed by atoms with van der Waals surface area (Å²) in [4.78, 5) is 12.2. The van der Waals surface area contributed by atoms with E-state index in [0.29, 0.717) is 24.2 Å². The van der Waals surface area contributed by atoms with Gasteiger partial charge in [-0.15, -0.1) is 16.9 Å². The second kappa shape index (κ2) is 8.49. The number of carbonyl (C=O) groups is 1. The number of hydrogen-bond donors (Lipinski definition) is 4. The van der Waals surface area contributed by atoms with Crippen LogP contribution in [0, 0.1) is 0 Å². The van der Waals surface area contributed by atoms with Crippen LogP contribution in [-0.4, -0.2) is 45.1 Å². The van der Waals surface area contributed by atoms with Crippen molar-refractivity contribution in [1.29, 1.82) is 0 Å². The van der Waals surface area contributed by atoms with Gasteiger partial charge >= 0.3 is 0 Å². The van der Waals surface area contributed by atoms with E-state index in [9.17, 15) is 4.79 Å². The van der Waals surface area contributed by atoms with Crippen LogP contribution in [0.4, 0.5) is 0 Å². The third-order valence-corrected chi connectivity index (χ3v) is 5.43. The summed E-state index contributed by atoms with van der Waals surface area (Å²) in [5, 5.41) is 13.7. The second-order valence-electron chi connectivity index (χ2n) is 6.21. The molecule has 3 aromatic rings. The van der Waals surface area contributed by atoms with Crippen LogP contribution in [0.25, 0.3) is 10.8 Å². The van der Waals surface area contributed by atoms with Crippen LogP contribution in [0.1, 0.15) is 16.1 Å². The molecule has 1 atom stereocenters. The number of hydrogen-bond acceptors (Lipinski definition) is 7. The molecule has 0 saturated carbocycles. The lowest BCUT2D eigenvalue weighted by Gasteiger charge is -2.08. The van der Waals surface area contributed by atoms with E-state index in [-0.39, 0.29) is 5.91 Å².